The summed E-state index contributed by atoms with van der Waals surface area (Å²) in [6, 6.07) is 25.1. The molecule has 0 radical (unpaired) electrons. The summed E-state index contributed by atoms with van der Waals surface area (Å²) in [6.07, 6.45) is 3.41. The molecule has 2 aliphatic rings. The third-order valence-corrected chi connectivity index (χ3v) is 16.2. The minimum Gasteiger partial charge on any atom is -0.508 e. The zero-order valence-corrected chi connectivity index (χ0v) is 53.9. The summed E-state index contributed by atoms with van der Waals surface area (Å²) in [7, 11) is 0. The van der Waals surface area contributed by atoms with Crippen molar-refractivity contribution in [2.75, 3.05) is 23.4 Å². The van der Waals surface area contributed by atoms with Gasteiger partial charge in [0.25, 0.3) is 0 Å². The number of para-hydroxylation sites is 4. The highest BCUT2D eigenvalue weighted by Crippen LogP contribution is 2.34. The first-order valence-electron chi connectivity index (χ1n) is 31.5. The highest BCUT2D eigenvalue weighted by molar-refractivity contribution is 6.00. The van der Waals surface area contributed by atoms with E-state index in [2.05, 4.69) is 52.5 Å². The Morgan fingerprint density at radius 1 is 0.625 bits per heavy atom. The average Bonchev–Trinajstić information content (AvgIpc) is 1.64. The number of carboxylic acid groups (broad SMARTS) is 2. The van der Waals surface area contributed by atoms with Crippen LogP contribution in [0, 0.1) is 11.3 Å². The normalized spacial score (nSPS) is 15.7. The number of aliphatic hydroxyl groups is 1. The topological polar surface area (TPSA) is 425 Å². The van der Waals surface area contributed by atoms with Crippen molar-refractivity contribution in [3.63, 3.8) is 0 Å². The Balaban J connectivity index is 0.000000530. The summed E-state index contributed by atoms with van der Waals surface area (Å²) in [5, 5.41) is 70.8. The molecule has 0 saturated carbocycles. The minimum atomic E-state index is -1.66. The van der Waals surface area contributed by atoms with Gasteiger partial charge in [0, 0.05) is 78.5 Å². The first-order chi connectivity index (χ1) is 45.7. The number of guanidine groups is 1. The SMILES string of the molecule is CC(C)(C)OC(=O)N1c2ccccc2CC1C(=O)O.CC(C)C[C@H](NC(=O)[C@@H](Cc1c[nH]c2ccccc12)NC(=O)[C@H](Cc1ccc(O)cc1)NC(=O)[C@H](CO)NC(=O)[C@H](Cc1c[nH]c2ccccc12)NC(=O)C1Cc2ccccc2N1)C(=O)N[C@@H](CCCNC(=N)N)C(=O)O. The van der Waals surface area contributed by atoms with Crippen LogP contribution in [-0.4, -0.2) is 157 Å². The number of rotatable bonds is 27. The summed E-state index contributed by atoms with van der Waals surface area (Å²) in [6.45, 7) is 8.13. The van der Waals surface area contributed by atoms with E-state index in [9.17, 15) is 63.6 Å². The standard InChI is InChI=1S/C55H66N12O10.C14H17NO4/c1-30(2)22-42(48(70)62-41(54(76)77)16-9-21-58-55(56)57)63-51(73)45(25-33-27-59-39-14-7-4-11-36(33)39)65-49(71)43(23-31-17-19-35(69)20-18-31)64-53(75)47(29-68)67-52(74)46(26-34-28-60-40-15-8-5-12-37(34)40)66-50(72)44-24-32-10-3-6-13-38(32)61-44;1-14(2,3)19-13(18)15-10-7-5-4-6-9(10)8-11(15)12(16)17/h3-8,10-15,17-20,27-28,30,41-47,59-61,68-69H,9,16,21-26,29H2,1-2H3,(H,62,70)(H,63,73)(H,64,75)(H,65,71)(H,66,72)(H,67,74)(H,76,77)(H4,56,57,58);4-7,11H,8H2,1-3H3,(H,16,17)/t41-,42-,43-,44?,45+,46-,47-;/m0./s1. The van der Waals surface area contributed by atoms with Crippen LogP contribution in [0.5, 0.6) is 5.75 Å². The van der Waals surface area contributed by atoms with Gasteiger partial charge in [0.2, 0.25) is 35.4 Å². The van der Waals surface area contributed by atoms with Gasteiger partial charge in [0.1, 0.15) is 59.7 Å². The maximum Gasteiger partial charge on any atom is 0.415 e. The summed E-state index contributed by atoms with van der Waals surface area (Å²) in [5.41, 5.74) is 11.2. The number of phenolic OH excluding ortho intramolecular Hbond substituents is 1. The van der Waals surface area contributed by atoms with Gasteiger partial charge >= 0.3 is 18.0 Å². The minimum absolute atomic E-state index is 0.00739. The number of aromatic amines is 2. The molecule has 9 rings (SSSR count). The largest absolute Gasteiger partial charge is 0.508 e. The predicted molar refractivity (Wildman–Crippen MR) is 359 cm³/mol. The molecule has 0 aliphatic carbocycles. The molecule has 96 heavy (non-hydrogen) atoms. The van der Waals surface area contributed by atoms with E-state index in [0.29, 0.717) is 35.2 Å². The number of nitrogens with one attached hydrogen (secondary N) is 11. The second-order valence-corrected chi connectivity index (χ2v) is 25.1. The van der Waals surface area contributed by atoms with E-state index >= 15 is 0 Å². The van der Waals surface area contributed by atoms with E-state index in [1.165, 1.54) is 29.2 Å². The Morgan fingerprint density at radius 3 is 1.68 bits per heavy atom. The van der Waals surface area contributed by atoms with E-state index in [0.717, 1.165) is 38.6 Å². The number of hydrogen-bond donors (Lipinski definition) is 16. The molecular formula is C69H83N13O14. The van der Waals surface area contributed by atoms with Crippen molar-refractivity contribution in [1.29, 1.82) is 5.41 Å². The van der Waals surface area contributed by atoms with Gasteiger partial charge in [-0.1, -0.05) is 98.8 Å². The molecule has 8 atom stereocenters. The first kappa shape index (κ1) is 70.9. The van der Waals surface area contributed by atoms with Gasteiger partial charge in [-0.3, -0.25) is 39.1 Å². The number of carbonyl (C=O) groups is 9. The van der Waals surface area contributed by atoms with E-state index in [1.54, 1.807) is 51.4 Å². The molecule has 4 heterocycles. The van der Waals surface area contributed by atoms with Crippen LogP contribution in [0.25, 0.3) is 21.8 Å². The van der Waals surface area contributed by atoms with E-state index in [4.69, 9.17) is 15.9 Å². The van der Waals surface area contributed by atoms with Gasteiger partial charge in [0.15, 0.2) is 5.96 Å². The lowest BCUT2D eigenvalue weighted by Gasteiger charge is -2.28. The number of carboxylic acids is 2. The van der Waals surface area contributed by atoms with Gasteiger partial charge in [-0.05, 0) is 110 Å². The number of nitrogens with two attached hydrogens (primary N) is 1. The van der Waals surface area contributed by atoms with Crippen LogP contribution in [0.4, 0.5) is 16.2 Å². The quantitative estimate of drug-likeness (QED) is 0.0195. The smallest absolute Gasteiger partial charge is 0.415 e. The van der Waals surface area contributed by atoms with Crippen LogP contribution < -0.4 is 53.2 Å². The lowest BCUT2D eigenvalue weighted by atomic mass is 9.99. The number of aliphatic hydroxyl groups excluding tert-OH is 1. The molecule has 2 unspecified atom stereocenters. The summed E-state index contributed by atoms with van der Waals surface area (Å²) in [4.78, 5) is 129. The highest BCUT2D eigenvalue weighted by atomic mass is 16.6. The number of aromatic hydroxyl groups is 1. The Labute approximate surface area is 553 Å². The van der Waals surface area contributed by atoms with Crippen LogP contribution in [0.1, 0.15) is 81.7 Å². The van der Waals surface area contributed by atoms with Crippen molar-refractivity contribution in [3.8, 4) is 5.75 Å². The fourth-order valence-electron chi connectivity index (χ4n) is 11.4. The molecule has 0 spiro atoms. The van der Waals surface area contributed by atoms with Crippen LogP contribution in [0.3, 0.4) is 0 Å². The van der Waals surface area contributed by atoms with Gasteiger partial charge < -0.3 is 83.4 Å². The van der Waals surface area contributed by atoms with Crippen LogP contribution in [-0.2, 0) is 75.2 Å². The lowest BCUT2D eigenvalue weighted by Crippen LogP contribution is -2.61. The Hall–Kier alpha value is -11.0. The number of carbonyl (C=O) groups excluding carboxylic acids is 7. The van der Waals surface area contributed by atoms with Crippen molar-refractivity contribution in [3.05, 3.63) is 162 Å². The van der Waals surface area contributed by atoms with E-state index < -0.39 is 114 Å². The second kappa shape index (κ2) is 32.3. The lowest BCUT2D eigenvalue weighted by molar-refractivity contribution is -0.142. The van der Waals surface area contributed by atoms with Gasteiger partial charge in [-0.15, -0.1) is 0 Å². The Bertz CT molecular complexity index is 3930. The molecule has 0 bridgehead atoms. The number of phenols is 1. The Morgan fingerprint density at radius 2 is 1.12 bits per heavy atom. The highest BCUT2D eigenvalue weighted by Gasteiger charge is 2.41. The molecular weight excluding hydrogens is 1230 g/mol. The third-order valence-electron chi connectivity index (χ3n) is 16.2. The number of ether oxygens (including phenoxy) is 1. The van der Waals surface area contributed by atoms with Gasteiger partial charge in [0.05, 0.1) is 12.3 Å². The average molecular weight is 1320 g/mol. The molecule has 27 heteroatoms. The van der Waals surface area contributed by atoms with Crippen molar-refractivity contribution < 1.29 is 68.3 Å². The maximum atomic E-state index is 14.8. The van der Waals surface area contributed by atoms with Crippen LogP contribution in [0.15, 0.2) is 134 Å². The molecule has 0 fully saturated rings. The number of anilines is 2. The number of aromatic nitrogens is 2. The van der Waals surface area contributed by atoms with Gasteiger partial charge in [-0.25, -0.2) is 14.4 Å². The number of H-pyrrole nitrogens is 2. The molecule has 27 nitrogen and oxygen atoms in total. The van der Waals surface area contributed by atoms with Crippen molar-refractivity contribution >= 4 is 92.6 Å². The van der Waals surface area contributed by atoms with Gasteiger partial charge in [-0.2, -0.15) is 0 Å². The molecule has 7 aromatic rings. The third kappa shape index (κ3) is 19.1. The van der Waals surface area contributed by atoms with Crippen LogP contribution in [0.2, 0.25) is 0 Å². The summed E-state index contributed by atoms with van der Waals surface area (Å²) < 4.78 is 5.28. The van der Waals surface area contributed by atoms with Crippen LogP contribution >= 0.6 is 0 Å². The number of benzene rings is 5. The Kier molecular flexibility index (Phi) is 23.8. The van der Waals surface area contributed by atoms with Crippen molar-refractivity contribution in [2.45, 2.75) is 140 Å². The number of amides is 7. The molecule has 7 amide bonds. The predicted octanol–water partition coefficient (Wildman–Crippen LogP) is 4.15. The molecule has 2 aromatic heterocycles. The molecule has 0 saturated heterocycles. The molecule has 17 N–H and O–H groups in total. The monoisotopic (exact) mass is 1320 g/mol. The number of hydrogen-bond acceptors (Lipinski definition) is 14. The molecule has 5 aromatic carbocycles. The number of nitrogens with zero attached hydrogens (tertiary/aromatic N) is 1. The summed E-state index contributed by atoms with van der Waals surface area (Å²) in [5.74, 6) is -7.61. The maximum absolute atomic E-state index is 14.8. The van der Waals surface area contributed by atoms with Crippen molar-refractivity contribution in [1.82, 2.24) is 47.2 Å². The summed E-state index contributed by atoms with van der Waals surface area (Å²) >= 11 is 0. The second-order valence-electron chi connectivity index (χ2n) is 25.1. The molecule has 508 valence electrons. The van der Waals surface area contributed by atoms with Crippen molar-refractivity contribution in [2.24, 2.45) is 11.7 Å². The van der Waals surface area contributed by atoms with E-state index in [-0.39, 0.29) is 62.7 Å². The zero-order valence-electron chi connectivity index (χ0n) is 53.9. The zero-order chi connectivity index (χ0) is 69.4. The number of aliphatic carboxylic acids is 2. The molecule has 2 aliphatic heterocycles. The fraction of sp³-hybridized carbons (Fsp3) is 0.362. The number of fused-ring (bicyclic) bond motifs is 4. The van der Waals surface area contributed by atoms with E-state index in [1.807, 2.05) is 92.7 Å². The fourth-order valence-corrected chi connectivity index (χ4v) is 11.4. The first-order valence-corrected chi connectivity index (χ1v) is 31.5.